The van der Waals surface area contributed by atoms with Crippen molar-refractivity contribution in [2.45, 2.75) is 32.4 Å². The zero-order valence-electron chi connectivity index (χ0n) is 17.9. The van der Waals surface area contributed by atoms with Gasteiger partial charge < -0.3 is 15.0 Å². The molecule has 160 valence electrons. The number of hydrogen-bond acceptors (Lipinski definition) is 5. The maximum atomic E-state index is 12.9. The predicted molar refractivity (Wildman–Crippen MR) is 115 cm³/mol. The average Bonchev–Trinajstić information content (AvgIpc) is 3.04. The molecule has 1 aliphatic heterocycles. The van der Waals surface area contributed by atoms with E-state index in [1.165, 1.54) is 0 Å². The van der Waals surface area contributed by atoms with Gasteiger partial charge in [0.1, 0.15) is 5.75 Å². The van der Waals surface area contributed by atoms with Crippen LogP contribution in [0.15, 0.2) is 48.8 Å². The minimum atomic E-state index is -0.280. The zero-order chi connectivity index (χ0) is 21.5. The number of aromatic nitrogens is 1. The lowest BCUT2D eigenvalue weighted by molar-refractivity contribution is -0.126. The number of methoxy groups -OCH3 is 1. The predicted octanol–water partition coefficient (Wildman–Crippen LogP) is 2.50. The molecule has 7 nitrogen and oxygen atoms in total. The van der Waals surface area contributed by atoms with Crippen LogP contribution in [-0.2, 0) is 4.79 Å². The highest BCUT2D eigenvalue weighted by Gasteiger charge is 2.27. The average molecular weight is 411 g/mol. The molecule has 0 saturated carbocycles. The summed E-state index contributed by atoms with van der Waals surface area (Å²) in [6, 6.07) is 10.7. The van der Waals surface area contributed by atoms with Crippen LogP contribution in [0.1, 0.15) is 42.2 Å². The molecule has 0 spiro atoms. The molecule has 7 heteroatoms. The van der Waals surface area contributed by atoms with Crippen LogP contribution in [0, 0.1) is 0 Å². The Morgan fingerprint density at radius 1 is 1.03 bits per heavy atom. The molecule has 1 fully saturated rings. The summed E-state index contributed by atoms with van der Waals surface area (Å²) in [6.07, 6.45) is 4.09. The Labute approximate surface area is 178 Å². The van der Waals surface area contributed by atoms with E-state index in [0.717, 1.165) is 24.3 Å². The van der Waals surface area contributed by atoms with Crippen LogP contribution in [0.5, 0.6) is 5.75 Å². The van der Waals surface area contributed by atoms with E-state index in [2.05, 4.69) is 15.2 Å². The third-order valence-corrected chi connectivity index (χ3v) is 5.64. The van der Waals surface area contributed by atoms with E-state index in [0.29, 0.717) is 25.2 Å². The van der Waals surface area contributed by atoms with Crippen LogP contribution in [0.3, 0.4) is 0 Å². The number of amides is 2. The first-order valence-corrected chi connectivity index (χ1v) is 10.4. The molecule has 30 heavy (non-hydrogen) atoms. The number of ether oxygens (including phenoxy) is 1. The number of carbonyl (C=O) groups is 2. The van der Waals surface area contributed by atoms with Crippen molar-refractivity contribution in [3.8, 4) is 5.75 Å². The number of carbonyl (C=O) groups excluding carboxylic acids is 2. The lowest BCUT2D eigenvalue weighted by Gasteiger charge is -2.28. The largest absolute Gasteiger partial charge is 0.496 e. The number of rotatable bonds is 6. The smallest absolute Gasteiger partial charge is 0.254 e. The fourth-order valence-electron chi connectivity index (χ4n) is 3.81. The minimum absolute atomic E-state index is 0.0150. The monoisotopic (exact) mass is 410 g/mol. The first-order valence-electron chi connectivity index (χ1n) is 10.4. The Morgan fingerprint density at radius 2 is 1.77 bits per heavy atom. The van der Waals surface area contributed by atoms with Gasteiger partial charge in [-0.15, -0.1) is 0 Å². The molecule has 0 aliphatic carbocycles. The molecule has 2 atom stereocenters. The zero-order valence-corrected chi connectivity index (χ0v) is 17.9. The fourth-order valence-corrected chi connectivity index (χ4v) is 3.81. The molecule has 1 N–H and O–H groups in total. The van der Waals surface area contributed by atoms with Crippen LogP contribution >= 0.6 is 0 Å². The number of benzene rings is 1. The van der Waals surface area contributed by atoms with Crippen LogP contribution in [0.25, 0.3) is 0 Å². The van der Waals surface area contributed by atoms with Crippen molar-refractivity contribution in [3.05, 3.63) is 59.9 Å². The van der Waals surface area contributed by atoms with E-state index in [9.17, 15) is 9.59 Å². The van der Waals surface area contributed by atoms with Gasteiger partial charge in [0.15, 0.2) is 0 Å². The second-order valence-corrected chi connectivity index (χ2v) is 7.57. The van der Waals surface area contributed by atoms with Gasteiger partial charge >= 0.3 is 0 Å². The summed E-state index contributed by atoms with van der Waals surface area (Å²) in [5, 5.41) is 3.10. The van der Waals surface area contributed by atoms with Crippen molar-refractivity contribution in [2.24, 2.45) is 0 Å². The van der Waals surface area contributed by atoms with Crippen molar-refractivity contribution >= 4 is 11.8 Å². The molecule has 1 aromatic carbocycles. The van der Waals surface area contributed by atoms with Gasteiger partial charge in [0.05, 0.1) is 19.2 Å². The summed E-state index contributed by atoms with van der Waals surface area (Å²) in [6.45, 7) is 6.60. The summed E-state index contributed by atoms with van der Waals surface area (Å²) >= 11 is 0. The number of pyridine rings is 1. The second kappa shape index (κ2) is 10.2. The minimum Gasteiger partial charge on any atom is -0.496 e. The van der Waals surface area contributed by atoms with Gasteiger partial charge in [-0.25, -0.2) is 0 Å². The van der Waals surface area contributed by atoms with Gasteiger partial charge in [-0.3, -0.25) is 19.5 Å². The Balaban J connectivity index is 1.58. The molecule has 0 bridgehead atoms. The summed E-state index contributed by atoms with van der Waals surface area (Å²) in [5.74, 6) is 0.751. The first kappa shape index (κ1) is 21.8. The fraction of sp³-hybridized carbons (Fsp3) is 0.435. The third kappa shape index (κ3) is 5.16. The molecule has 0 radical (unpaired) electrons. The number of nitrogens with one attached hydrogen (secondary N) is 1. The Hall–Kier alpha value is -2.93. The maximum absolute atomic E-state index is 12.9. The molecular weight excluding hydrogens is 380 g/mol. The van der Waals surface area contributed by atoms with Gasteiger partial charge in [0.25, 0.3) is 5.91 Å². The molecule has 1 saturated heterocycles. The Bertz CT molecular complexity index is 859. The van der Waals surface area contributed by atoms with Crippen molar-refractivity contribution in [1.29, 1.82) is 0 Å². The third-order valence-electron chi connectivity index (χ3n) is 5.64. The lowest BCUT2D eigenvalue weighted by Crippen LogP contribution is -2.47. The maximum Gasteiger partial charge on any atom is 0.254 e. The first-order chi connectivity index (χ1) is 14.5. The molecule has 3 rings (SSSR count). The molecular formula is C23H30N4O3. The topological polar surface area (TPSA) is 74.8 Å². The Kier molecular flexibility index (Phi) is 7.41. The number of hydrogen-bond donors (Lipinski definition) is 1. The van der Waals surface area contributed by atoms with E-state index in [1.54, 1.807) is 31.6 Å². The van der Waals surface area contributed by atoms with Crippen molar-refractivity contribution in [3.63, 3.8) is 0 Å². The standard InChI is InChI=1S/C23H30N4O3/c1-17(20-7-4-5-8-21(20)30-3)25-22(28)18(2)26-13-6-14-27(16-15-26)23(29)19-9-11-24-12-10-19/h4-5,7-12,17-18H,6,13-16H2,1-3H3,(H,25,28). The normalized spacial score (nSPS) is 17.0. The van der Waals surface area contributed by atoms with Gasteiger partial charge in [-0.2, -0.15) is 0 Å². The van der Waals surface area contributed by atoms with Gasteiger partial charge in [0.2, 0.25) is 5.91 Å². The summed E-state index contributed by atoms with van der Waals surface area (Å²) in [5.41, 5.74) is 1.60. The van der Waals surface area contributed by atoms with E-state index in [4.69, 9.17) is 4.74 Å². The number of para-hydroxylation sites is 1. The highest BCUT2D eigenvalue weighted by atomic mass is 16.5. The van der Waals surface area contributed by atoms with Crippen molar-refractivity contribution < 1.29 is 14.3 Å². The molecule has 2 amide bonds. The number of nitrogens with zero attached hydrogens (tertiary/aromatic N) is 3. The SMILES string of the molecule is COc1ccccc1C(C)NC(=O)C(C)N1CCCN(C(=O)c2ccncc2)CC1. The van der Waals surface area contributed by atoms with E-state index in [1.807, 2.05) is 43.0 Å². The van der Waals surface area contributed by atoms with Crippen LogP contribution < -0.4 is 10.1 Å². The highest BCUT2D eigenvalue weighted by Crippen LogP contribution is 2.24. The Morgan fingerprint density at radius 3 is 2.50 bits per heavy atom. The van der Waals surface area contributed by atoms with E-state index < -0.39 is 0 Å². The van der Waals surface area contributed by atoms with Crippen molar-refractivity contribution in [2.75, 3.05) is 33.3 Å². The highest BCUT2D eigenvalue weighted by molar-refractivity contribution is 5.94. The molecule has 1 aromatic heterocycles. The van der Waals surface area contributed by atoms with Crippen LogP contribution in [0.4, 0.5) is 0 Å². The van der Waals surface area contributed by atoms with E-state index >= 15 is 0 Å². The summed E-state index contributed by atoms with van der Waals surface area (Å²) in [4.78, 5) is 33.6. The summed E-state index contributed by atoms with van der Waals surface area (Å²) < 4.78 is 5.41. The lowest BCUT2D eigenvalue weighted by atomic mass is 10.1. The van der Waals surface area contributed by atoms with Crippen LogP contribution in [0.2, 0.25) is 0 Å². The second-order valence-electron chi connectivity index (χ2n) is 7.57. The van der Waals surface area contributed by atoms with Gasteiger partial charge in [-0.1, -0.05) is 18.2 Å². The molecule has 2 aromatic rings. The van der Waals surface area contributed by atoms with Gasteiger partial charge in [-0.05, 0) is 38.5 Å². The van der Waals surface area contributed by atoms with Gasteiger partial charge in [0, 0.05) is 49.7 Å². The van der Waals surface area contributed by atoms with E-state index in [-0.39, 0.29) is 23.9 Å². The summed E-state index contributed by atoms with van der Waals surface area (Å²) in [7, 11) is 1.63. The molecule has 2 unspecified atom stereocenters. The molecule has 1 aliphatic rings. The quantitative estimate of drug-likeness (QED) is 0.792. The molecule has 2 heterocycles. The van der Waals surface area contributed by atoms with Crippen LogP contribution in [-0.4, -0.2) is 65.9 Å². The van der Waals surface area contributed by atoms with Crippen molar-refractivity contribution in [1.82, 2.24) is 20.1 Å².